The maximum absolute atomic E-state index is 14.5. The number of nitrogens with two attached hydrogens (primary N) is 4. The highest BCUT2D eigenvalue weighted by molar-refractivity contribution is 5.95. The molecule has 0 bridgehead atoms. The van der Waals surface area contributed by atoms with Crippen LogP contribution < -0.4 is 44.2 Å². The normalized spacial score (nSPS) is 14.3. The molecule has 0 saturated carbocycles. The van der Waals surface area contributed by atoms with Crippen LogP contribution in [-0.2, 0) is 30.4 Å². The third-order valence-corrected chi connectivity index (χ3v) is 7.04. The number of nitrogens with zero attached hydrogens (tertiary/aromatic N) is 1. The standard InChI is InChI=1S/C30H46F5N9O5/c1-12(2)9-17(27(47)41-16(25(37)45)7-6-8-40-30(38)39)43-28(48)18(10-13(3)4)44-29(49)19(42-26(46)14(5)36)11-15-20(31)22(33)24(35)23(34)21(15)32/h12-14,16-19H,6-11,36H2,1-5H3,(H2,37,45)(H,41,47)(H,42,46)(H,43,48)(H,44,49)(H4,38,39,40)/t14-,16-,17-,18-,19-/m0/s1. The predicted octanol–water partition coefficient (Wildman–Crippen LogP) is -0.158. The van der Waals surface area contributed by atoms with Gasteiger partial charge in [0, 0.05) is 18.5 Å². The second-order valence-electron chi connectivity index (χ2n) is 12.4. The van der Waals surface area contributed by atoms with Crippen molar-refractivity contribution in [2.45, 2.75) is 96.9 Å². The zero-order valence-corrected chi connectivity index (χ0v) is 28.0. The Balaban J connectivity index is 3.35. The second kappa shape index (κ2) is 19.4. The van der Waals surface area contributed by atoms with Gasteiger partial charge in [0.1, 0.15) is 24.2 Å². The number of hydrogen-bond donors (Lipinski definition) is 8. The molecule has 0 aliphatic carbocycles. The first-order chi connectivity index (χ1) is 22.7. The van der Waals surface area contributed by atoms with E-state index in [1.165, 1.54) is 6.92 Å². The van der Waals surface area contributed by atoms with Crippen LogP contribution in [-0.4, -0.2) is 72.2 Å². The van der Waals surface area contributed by atoms with Gasteiger partial charge in [-0.25, -0.2) is 22.0 Å². The molecular formula is C30H46F5N9O5. The highest BCUT2D eigenvalue weighted by atomic mass is 19.2. The fourth-order valence-corrected chi connectivity index (χ4v) is 4.56. The molecule has 0 radical (unpaired) electrons. The summed E-state index contributed by atoms with van der Waals surface area (Å²) in [5.74, 6) is -16.7. The van der Waals surface area contributed by atoms with Gasteiger partial charge in [0.15, 0.2) is 29.2 Å². The lowest BCUT2D eigenvalue weighted by Gasteiger charge is -2.28. The van der Waals surface area contributed by atoms with E-state index in [1.54, 1.807) is 27.7 Å². The molecule has 0 spiro atoms. The Kier molecular flexibility index (Phi) is 16.9. The Morgan fingerprint density at radius 3 is 1.39 bits per heavy atom. The number of aliphatic imine (C=N–C) groups is 1. The van der Waals surface area contributed by atoms with Crippen LogP contribution in [0.15, 0.2) is 4.99 Å². The van der Waals surface area contributed by atoms with Gasteiger partial charge in [-0.2, -0.15) is 0 Å². The SMILES string of the molecule is CC(C)C[C@H](NC(=O)[C@H](CC(C)C)NC(=O)[C@H](Cc1c(F)c(F)c(F)c(F)c1F)NC(=O)[C@H](C)N)C(=O)N[C@@H](CCCN=C(N)N)C(N)=O. The summed E-state index contributed by atoms with van der Waals surface area (Å²) in [6, 6.07) is -7.02. The van der Waals surface area contributed by atoms with Crippen LogP contribution in [0.3, 0.4) is 0 Å². The summed E-state index contributed by atoms with van der Waals surface area (Å²) < 4.78 is 70.5. The first kappa shape index (κ1) is 42.5. The number of halogens is 5. The molecule has 0 unspecified atom stereocenters. The van der Waals surface area contributed by atoms with E-state index in [2.05, 4.69) is 26.3 Å². The van der Waals surface area contributed by atoms with E-state index >= 15 is 0 Å². The molecule has 5 amide bonds. The molecule has 49 heavy (non-hydrogen) atoms. The molecule has 14 nitrogen and oxygen atoms in total. The third-order valence-electron chi connectivity index (χ3n) is 7.04. The quantitative estimate of drug-likeness (QED) is 0.0239. The average Bonchev–Trinajstić information content (AvgIpc) is 3.00. The first-order valence-corrected chi connectivity index (χ1v) is 15.5. The lowest BCUT2D eigenvalue weighted by atomic mass is 9.98. The molecular weight excluding hydrogens is 661 g/mol. The second-order valence-corrected chi connectivity index (χ2v) is 12.4. The van der Waals surface area contributed by atoms with Crippen molar-refractivity contribution in [1.29, 1.82) is 0 Å². The smallest absolute Gasteiger partial charge is 0.243 e. The fraction of sp³-hybridized carbons (Fsp3) is 0.600. The van der Waals surface area contributed by atoms with Crippen LogP contribution in [0.2, 0.25) is 0 Å². The van der Waals surface area contributed by atoms with E-state index in [9.17, 15) is 45.9 Å². The van der Waals surface area contributed by atoms with Crippen molar-refractivity contribution in [2.75, 3.05) is 6.54 Å². The van der Waals surface area contributed by atoms with E-state index in [4.69, 9.17) is 22.9 Å². The van der Waals surface area contributed by atoms with Crippen LogP contribution in [0, 0.1) is 40.9 Å². The van der Waals surface area contributed by atoms with Gasteiger partial charge in [-0.3, -0.25) is 29.0 Å². The van der Waals surface area contributed by atoms with Crippen molar-refractivity contribution in [2.24, 2.45) is 39.8 Å². The Hall–Kier alpha value is -4.55. The minimum absolute atomic E-state index is 0.0568. The Bertz CT molecular complexity index is 1360. The molecule has 1 aromatic carbocycles. The Morgan fingerprint density at radius 1 is 0.612 bits per heavy atom. The molecule has 0 aliphatic rings. The van der Waals surface area contributed by atoms with E-state index in [1.807, 2.05) is 0 Å². The maximum atomic E-state index is 14.5. The van der Waals surface area contributed by atoms with Gasteiger partial charge in [-0.1, -0.05) is 27.7 Å². The van der Waals surface area contributed by atoms with Crippen LogP contribution in [0.4, 0.5) is 22.0 Å². The zero-order valence-electron chi connectivity index (χ0n) is 28.0. The average molecular weight is 708 g/mol. The van der Waals surface area contributed by atoms with Crippen LogP contribution >= 0.6 is 0 Å². The number of nitrogens with one attached hydrogen (secondary N) is 4. The summed E-state index contributed by atoms with van der Waals surface area (Å²) >= 11 is 0. The number of carbonyl (C=O) groups excluding carboxylic acids is 5. The summed E-state index contributed by atoms with van der Waals surface area (Å²) in [5, 5.41) is 9.47. The Labute approximate surface area is 280 Å². The third kappa shape index (κ3) is 13.5. The summed E-state index contributed by atoms with van der Waals surface area (Å²) in [7, 11) is 0. The molecule has 276 valence electrons. The molecule has 0 heterocycles. The number of rotatable bonds is 19. The molecule has 19 heteroatoms. The minimum Gasteiger partial charge on any atom is -0.370 e. The number of primary amides is 1. The number of carbonyl (C=O) groups is 5. The van der Waals surface area contributed by atoms with Gasteiger partial charge >= 0.3 is 0 Å². The van der Waals surface area contributed by atoms with E-state index < -0.39 is 101 Å². The van der Waals surface area contributed by atoms with Gasteiger partial charge in [0.05, 0.1) is 6.04 Å². The number of hydrogen-bond acceptors (Lipinski definition) is 7. The van der Waals surface area contributed by atoms with Crippen LogP contribution in [0.5, 0.6) is 0 Å². The van der Waals surface area contributed by atoms with E-state index in [0.29, 0.717) is 0 Å². The first-order valence-electron chi connectivity index (χ1n) is 15.5. The molecule has 1 rings (SSSR count). The molecule has 12 N–H and O–H groups in total. The fourth-order valence-electron chi connectivity index (χ4n) is 4.56. The van der Waals surface area contributed by atoms with Gasteiger partial charge in [-0.05, 0) is 44.4 Å². The summed E-state index contributed by atoms with van der Waals surface area (Å²) in [4.78, 5) is 68.5. The lowest BCUT2D eigenvalue weighted by molar-refractivity contribution is -0.135. The summed E-state index contributed by atoms with van der Waals surface area (Å²) in [6.45, 7) is 8.26. The summed E-state index contributed by atoms with van der Waals surface area (Å²) in [5.41, 5.74) is 20.2. The van der Waals surface area contributed by atoms with Gasteiger partial charge in [0.25, 0.3) is 0 Å². The molecule has 1 aromatic rings. The van der Waals surface area contributed by atoms with E-state index in [0.717, 1.165) is 0 Å². The molecule has 0 aliphatic heterocycles. The van der Waals surface area contributed by atoms with Crippen LogP contribution in [0.1, 0.15) is 65.9 Å². The largest absolute Gasteiger partial charge is 0.370 e. The van der Waals surface area contributed by atoms with Crippen LogP contribution in [0.25, 0.3) is 0 Å². The van der Waals surface area contributed by atoms with Crippen molar-refractivity contribution >= 4 is 35.5 Å². The minimum atomic E-state index is -2.42. The maximum Gasteiger partial charge on any atom is 0.243 e. The summed E-state index contributed by atoms with van der Waals surface area (Å²) in [6.07, 6.45) is -0.835. The molecule has 0 fully saturated rings. The highest BCUT2D eigenvalue weighted by Crippen LogP contribution is 2.24. The number of guanidine groups is 1. The van der Waals surface area contributed by atoms with E-state index in [-0.39, 0.29) is 50.0 Å². The van der Waals surface area contributed by atoms with Crippen molar-refractivity contribution in [3.05, 3.63) is 34.6 Å². The van der Waals surface area contributed by atoms with Gasteiger partial charge in [0.2, 0.25) is 35.4 Å². The highest BCUT2D eigenvalue weighted by Gasteiger charge is 2.34. The van der Waals surface area contributed by atoms with Crippen molar-refractivity contribution in [3.8, 4) is 0 Å². The monoisotopic (exact) mass is 707 g/mol. The number of benzene rings is 1. The number of amides is 5. The molecule has 0 aromatic heterocycles. The van der Waals surface area contributed by atoms with Crippen molar-refractivity contribution in [3.63, 3.8) is 0 Å². The van der Waals surface area contributed by atoms with Crippen molar-refractivity contribution in [1.82, 2.24) is 21.3 Å². The molecule has 0 saturated heterocycles. The Morgan fingerprint density at radius 2 is 1.00 bits per heavy atom. The van der Waals surface area contributed by atoms with Crippen molar-refractivity contribution < 1.29 is 45.9 Å². The van der Waals surface area contributed by atoms with Gasteiger partial charge < -0.3 is 44.2 Å². The molecule has 5 atom stereocenters. The topological polar surface area (TPSA) is 250 Å². The predicted molar refractivity (Wildman–Crippen MR) is 169 cm³/mol. The zero-order chi connectivity index (χ0) is 37.7. The van der Waals surface area contributed by atoms with Gasteiger partial charge in [-0.15, -0.1) is 0 Å². The lowest BCUT2D eigenvalue weighted by Crippen LogP contribution is -2.59.